The summed E-state index contributed by atoms with van der Waals surface area (Å²) in [4.78, 5) is 12.8. The molecule has 3 aliphatic rings. The summed E-state index contributed by atoms with van der Waals surface area (Å²) in [6.45, 7) is 0. The van der Waals surface area contributed by atoms with Crippen molar-refractivity contribution in [2.75, 3.05) is 11.5 Å². The Morgan fingerprint density at radius 3 is 2.72 bits per heavy atom. The SMILES string of the molecule is Nc1nc2cc(CC(C3CC3)C34CC3C(n3ccc5c(N)ncnc53)C(O)C4O)cc(F)c2cc1Cl. The third-order valence-corrected chi connectivity index (χ3v) is 9.17. The Balaban J connectivity index is 1.25. The van der Waals surface area contributed by atoms with Gasteiger partial charge in [-0.15, -0.1) is 0 Å². The maximum absolute atomic E-state index is 15.0. The van der Waals surface area contributed by atoms with Crippen LogP contribution >= 0.6 is 11.6 Å². The summed E-state index contributed by atoms with van der Waals surface area (Å²) in [6, 6.07) is 6.45. The molecule has 3 aliphatic carbocycles. The standard InChI is InChI=1S/C26H26ClFN6O2/c27-17-8-14-18(28)6-11(7-19(14)33-24(17)30)5-15(12-1-2-12)26-9-16(26)20(21(35)22(26)36)34-4-3-13-23(29)31-10-32-25(13)34/h3-4,6-8,10,12,15-16,20-22,35-36H,1-2,5,9H2,(H2,30,33)(H2,29,31,32). The first-order valence-corrected chi connectivity index (χ1v) is 12.6. The molecule has 1 aromatic carbocycles. The number of nitrogens with zero attached hydrogens (tertiary/aromatic N) is 4. The first-order valence-electron chi connectivity index (χ1n) is 12.3. The summed E-state index contributed by atoms with van der Waals surface area (Å²) in [7, 11) is 0. The van der Waals surface area contributed by atoms with E-state index < -0.39 is 23.4 Å². The average Bonchev–Trinajstić information content (AvgIpc) is 3.75. The van der Waals surface area contributed by atoms with E-state index in [1.807, 2.05) is 22.9 Å². The van der Waals surface area contributed by atoms with Crippen molar-refractivity contribution in [3.8, 4) is 0 Å². The van der Waals surface area contributed by atoms with Crippen molar-refractivity contribution in [2.45, 2.75) is 43.9 Å². The number of hydrogen-bond donors (Lipinski definition) is 4. The highest BCUT2D eigenvalue weighted by molar-refractivity contribution is 6.33. The normalized spacial score (nSPS) is 30.1. The molecule has 3 heterocycles. The zero-order valence-corrected chi connectivity index (χ0v) is 20.1. The van der Waals surface area contributed by atoms with Crippen LogP contribution in [0.3, 0.4) is 0 Å². The first kappa shape index (κ1) is 22.2. The molecule has 0 bridgehead atoms. The average molecular weight is 509 g/mol. The minimum atomic E-state index is -0.936. The van der Waals surface area contributed by atoms with Crippen LogP contribution in [0.15, 0.2) is 36.8 Å². The number of hydrogen-bond acceptors (Lipinski definition) is 7. The van der Waals surface area contributed by atoms with Crippen molar-refractivity contribution in [3.63, 3.8) is 0 Å². The zero-order chi connectivity index (χ0) is 24.9. The lowest BCUT2D eigenvalue weighted by Gasteiger charge is -2.31. The smallest absolute Gasteiger partial charge is 0.145 e. The van der Waals surface area contributed by atoms with Crippen molar-refractivity contribution < 1.29 is 14.6 Å². The van der Waals surface area contributed by atoms with Crippen LogP contribution in [-0.4, -0.2) is 41.9 Å². The van der Waals surface area contributed by atoms with Crippen LogP contribution in [0.5, 0.6) is 0 Å². The van der Waals surface area contributed by atoms with Gasteiger partial charge in [0.15, 0.2) is 0 Å². The number of aliphatic hydroxyl groups is 2. The summed E-state index contributed by atoms with van der Waals surface area (Å²) in [5, 5.41) is 24.0. The molecule has 6 atom stereocenters. The molecular formula is C26H26ClFN6O2. The predicted molar refractivity (Wildman–Crippen MR) is 135 cm³/mol. The van der Waals surface area contributed by atoms with Gasteiger partial charge in [-0.25, -0.2) is 19.3 Å². The van der Waals surface area contributed by atoms with Gasteiger partial charge in [-0.2, -0.15) is 0 Å². The van der Waals surface area contributed by atoms with Gasteiger partial charge in [0.05, 0.1) is 28.1 Å². The molecule has 3 fully saturated rings. The number of nitrogen functional groups attached to an aromatic ring is 2. The summed E-state index contributed by atoms with van der Waals surface area (Å²) >= 11 is 6.05. The minimum absolute atomic E-state index is 0.0813. The van der Waals surface area contributed by atoms with Gasteiger partial charge >= 0.3 is 0 Å². The van der Waals surface area contributed by atoms with E-state index in [0.717, 1.165) is 30.2 Å². The van der Waals surface area contributed by atoms with Gasteiger partial charge in [0.25, 0.3) is 0 Å². The monoisotopic (exact) mass is 508 g/mol. The van der Waals surface area contributed by atoms with E-state index in [1.165, 1.54) is 18.5 Å². The van der Waals surface area contributed by atoms with E-state index >= 15 is 4.39 Å². The molecule has 0 aliphatic heterocycles. The highest BCUT2D eigenvalue weighted by Gasteiger charge is 2.75. The summed E-state index contributed by atoms with van der Waals surface area (Å²) in [6.07, 6.45) is 5.00. The molecule has 4 aromatic rings. The molecule has 6 unspecified atom stereocenters. The van der Waals surface area contributed by atoms with Crippen LogP contribution in [0.1, 0.15) is 30.9 Å². The van der Waals surface area contributed by atoms with Crippen LogP contribution in [-0.2, 0) is 6.42 Å². The number of nitrogens with two attached hydrogens (primary N) is 2. The lowest BCUT2D eigenvalue weighted by atomic mass is 9.77. The highest BCUT2D eigenvalue weighted by atomic mass is 35.5. The zero-order valence-electron chi connectivity index (χ0n) is 19.4. The Kier molecular flexibility index (Phi) is 4.63. The van der Waals surface area contributed by atoms with Crippen LogP contribution in [0.2, 0.25) is 5.02 Å². The summed E-state index contributed by atoms with van der Waals surface area (Å²) < 4.78 is 17.0. The summed E-state index contributed by atoms with van der Waals surface area (Å²) in [5.74, 6) is 0.784. The van der Waals surface area contributed by atoms with Crippen LogP contribution < -0.4 is 11.5 Å². The van der Waals surface area contributed by atoms with E-state index in [9.17, 15) is 10.2 Å². The second-order valence-corrected chi connectivity index (χ2v) is 11.1. The Bertz CT molecular complexity index is 1540. The molecule has 0 amide bonds. The molecule has 0 saturated heterocycles. The molecule has 0 spiro atoms. The van der Waals surface area contributed by atoms with E-state index in [1.54, 1.807) is 0 Å². The maximum atomic E-state index is 15.0. The fourth-order valence-corrected chi connectivity index (χ4v) is 7.17. The number of benzene rings is 1. The van der Waals surface area contributed by atoms with Gasteiger partial charge in [0.1, 0.15) is 35.5 Å². The Morgan fingerprint density at radius 1 is 1.14 bits per heavy atom. The Labute approximate surface area is 211 Å². The molecule has 3 aromatic heterocycles. The van der Waals surface area contributed by atoms with Gasteiger partial charge in [-0.05, 0) is 73.3 Å². The van der Waals surface area contributed by atoms with Crippen molar-refractivity contribution in [1.82, 2.24) is 19.5 Å². The third kappa shape index (κ3) is 3.02. The molecule has 7 rings (SSSR count). The fourth-order valence-electron chi connectivity index (χ4n) is 7.02. The third-order valence-electron chi connectivity index (χ3n) is 8.86. The fraction of sp³-hybridized carbons (Fsp3) is 0.423. The summed E-state index contributed by atoms with van der Waals surface area (Å²) in [5.41, 5.74) is 13.4. The topological polar surface area (TPSA) is 136 Å². The van der Waals surface area contributed by atoms with Crippen molar-refractivity contribution in [1.29, 1.82) is 0 Å². The Morgan fingerprint density at radius 2 is 1.94 bits per heavy atom. The van der Waals surface area contributed by atoms with Crippen molar-refractivity contribution in [2.24, 2.45) is 23.2 Å². The van der Waals surface area contributed by atoms with Gasteiger partial charge in [-0.1, -0.05) is 11.6 Å². The second-order valence-electron chi connectivity index (χ2n) is 10.7. The van der Waals surface area contributed by atoms with E-state index in [0.29, 0.717) is 34.7 Å². The van der Waals surface area contributed by atoms with Crippen LogP contribution in [0.4, 0.5) is 16.0 Å². The van der Waals surface area contributed by atoms with Crippen LogP contribution in [0.25, 0.3) is 21.9 Å². The molecule has 186 valence electrons. The Hall–Kier alpha value is -3.01. The molecule has 0 radical (unpaired) electrons. The van der Waals surface area contributed by atoms with Gasteiger partial charge in [0.2, 0.25) is 0 Å². The van der Waals surface area contributed by atoms with Crippen molar-refractivity contribution in [3.05, 3.63) is 53.2 Å². The minimum Gasteiger partial charge on any atom is -0.390 e. The molecule has 10 heteroatoms. The van der Waals surface area contributed by atoms with Crippen molar-refractivity contribution >= 4 is 45.2 Å². The van der Waals surface area contributed by atoms with Crippen LogP contribution in [0, 0.1) is 29.0 Å². The molecule has 8 nitrogen and oxygen atoms in total. The number of pyridine rings is 1. The number of aromatic nitrogens is 4. The van der Waals surface area contributed by atoms with Gasteiger partial charge in [-0.3, -0.25) is 0 Å². The molecule has 3 saturated carbocycles. The number of fused-ring (bicyclic) bond motifs is 3. The van der Waals surface area contributed by atoms with E-state index in [2.05, 4.69) is 15.0 Å². The number of anilines is 2. The predicted octanol–water partition coefficient (Wildman–Crippen LogP) is 3.49. The van der Waals surface area contributed by atoms with E-state index in [-0.39, 0.29) is 28.7 Å². The molecule has 6 N–H and O–H groups in total. The first-order chi connectivity index (χ1) is 17.3. The quantitative estimate of drug-likeness (QED) is 0.324. The number of aliphatic hydroxyl groups excluding tert-OH is 2. The van der Waals surface area contributed by atoms with Gasteiger partial charge in [0, 0.05) is 17.0 Å². The molecular weight excluding hydrogens is 483 g/mol. The number of halogens is 2. The lowest BCUT2D eigenvalue weighted by Crippen LogP contribution is -2.38. The second kappa shape index (κ2) is 7.50. The highest BCUT2D eigenvalue weighted by Crippen LogP contribution is 2.74. The largest absolute Gasteiger partial charge is 0.390 e. The molecule has 36 heavy (non-hydrogen) atoms. The lowest BCUT2D eigenvalue weighted by molar-refractivity contribution is -0.0349. The van der Waals surface area contributed by atoms with Gasteiger partial charge < -0.3 is 26.2 Å². The maximum Gasteiger partial charge on any atom is 0.145 e. The number of rotatable bonds is 5. The van der Waals surface area contributed by atoms with E-state index in [4.69, 9.17) is 23.1 Å².